The van der Waals surface area contributed by atoms with E-state index in [1.807, 2.05) is 13.8 Å². The van der Waals surface area contributed by atoms with Gasteiger partial charge in [0.1, 0.15) is 0 Å². The molecule has 1 aliphatic heterocycles. The first-order valence-electron chi connectivity index (χ1n) is 5.84. The molecular formula is C10H22N2O3S. The molecule has 1 fully saturated rings. The second-order valence-corrected chi connectivity index (χ2v) is 6.09. The minimum atomic E-state index is -3.07. The Balaban J connectivity index is 2.31. The largest absolute Gasteiger partial charge is 0.379 e. The lowest BCUT2D eigenvalue weighted by Gasteiger charge is -2.32. The van der Waals surface area contributed by atoms with Gasteiger partial charge in [-0.2, -0.15) is 0 Å². The van der Waals surface area contributed by atoms with Crippen molar-refractivity contribution < 1.29 is 13.2 Å². The van der Waals surface area contributed by atoms with Crippen molar-refractivity contribution in [2.75, 3.05) is 38.6 Å². The highest BCUT2D eigenvalue weighted by Gasteiger charge is 2.18. The van der Waals surface area contributed by atoms with E-state index < -0.39 is 10.0 Å². The molecule has 1 rings (SSSR count). The first-order chi connectivity index (χ1) is 7.55. The molecule has 0 aromatic heterocycles. The predicted molar refractivity (Wildman–Crippen MR) is 63.9 cm³/mol. The summed E-state index contributed by atoms with van der Waals surface area (Å²) in [5, 5.41) is 0. The number of hydrogen-bond acceptors (Lipinski definition) is 4. The van der Waals surface area contributed by atoms with Crippen LogP contribution in [0.3, 0.4) is 0 Å². The van der Waals surface area contributed by atoms with E-state index in [9.17, 15) is 8.42 Å². The maximum atomic E-state index is 11.5. The monoisotopic (exact) mass is 250 g/mol. The molecule has 0 aromatic carbocycles. The molecule has 0 amide bonds. The minimum Gasteiger partial charge on any atom is -0.379 e. The molecule has 1 aliphatic rings. The van der Waals surface area contributed by atoms with Gasteiger partial charge in [-0.15, -0.1) is 0 Å². The van der Waals surface area contributed by atoms with Gasteiger partial charge in [0.25, 0.3) is 0 Å². The molecule has 1 saturated heterocycles. The van der Waals surface area contributed by atoms with Crippen molar-refractivity contribution >= 4 is 10.0 Å². The Hall–Kier alpha value is -0.170. The van der Waals surface area contributed by atoms with Crippen molar-refractivity contribution in [1.82, 2.24) is 9.62 Å². The van der Waals surface area contributed by atoms with E-state index in [2.05, 4.69) is 9.62 Å². The summed E-state index contributed by atoms with van der Waals surface area (Å²) in [5.74, 6) is 0.211. The number of nitrogens with one attached hydrogen (secondary N) is 1. The van der Waals surface area contributed by atoms with Crippen molar-refractivity contribution in [3.8, 4) is 0 Å². The molecule has 1 atom stereocenters. The van der Waals surface area contributed by atoms with Gasteiger partial charge >= 0.3 is 0 Å². The molecule has 0 bridgehead atoms. The number of morpholine rings is 1. The van der Waals surface area contributed by atoms with Crippen LogP contribution < -0.4 is 4.72 Å². The molecule has 0 radical (unpaired) electrons. The molecule has 0 aromatic rings. The SMILES string of the molecule is CCCS(=O)(=O)NC[C@@H](C)N1CCOCC1. The zero-order valence-electron chi connectivity index (χ0n) is 10.1. The fraction of sp³-hybridized carbons (Fsp3) is 1.00. The number of ether oxygens (including phenoxy) is 1. The molecule has 0 aliphatic carbocycles. The molecule has 5 nitrogen and oxygen atoms in total. The Kier molecular flexibility index (Phi) is 5.68. The van der Waals surface area contributed by atoms with E-state index >= 15 is 0 Å². The van der Waals surface area contributed by atoms with Crippen LogP contribution in [0.5, 0.6) is 0 Å². The van der Waals surface area contributed by atoms with Gasteiger partial charge in [-0.05, 0) is 13.3 Å². The Morgan fingerprint density at radius 1 is 1.38 bits per heavy atom. The summed E-state index contributed by atoms with van der Waals surface area (Å²) in [6.45, 7) is 7.65. The third kappa shape index (κ3) is 4.78. The number of nitrogens with zero attached hydrogens (tertiary/aromatic N) is 1. The molecule has 16 heavy (non-hydrogen) atoms. The Morgan fingerprint density at radius 2 is 2.00 bits per heavy atom. The van der Waals surface area contributed by atoms with Crippen LogP contribution >= 0.6 is 0 Å². The third-order valence-electron chi connectivity index (χ3n) is 2.74. The van der Waals surface area contributed by atoms with Gasteiger partial charge in [-0.25, -0.2) is 13.1 Å². The zero-order valence-corrected chi connectivity index (χ0v) is 10.9. The lowest BCUT2D eigenvalue weighted by molar-refractivity contribution is 0.0213. The molecule has 96 valence electrons. The van der Waals surface area contributed by atoms with E-state index in [0.29, 0.717) is 13.0 Å². The molecule has 6 heteroatoms. The Morgan fingerprint density at radius 3 is 2.56 bits per heavy atom. The van der Waals surface area contributed by atoms with E-state index in [1.165, 1.54) is 0 Å². The second-order valence-electron chi connectivity index (χ2n) is 4.16. The maximum Gasteiger partial charge on any atom is 0.211 e. The van der Waals surface area contributed by atoms with Crippen LogP contribution in [-0.2, 0) is 14.8 Å². The highest BCUT2D eigenvalue weighted by Crippen LogP contribution is 2.03. The maximum absolute atomic E-state index is 11.5. The van der Waals surface area contributed by atoms with Crippen molar-refractivity contribution in [1.29, 1.82) is 0 Å². The summed E-state index contributed by atoms with van der Waals surface area (Å²) in [5.41, 5.74) is 0. The molecule has 0 saturated carbocycles. The summed E-state index contributed by atoms with van der Waals surface area (Å²) in [6, 6.07) is 0.232. The summed E-state index contributed by atoms with van der Waals surface area (Å²) in [4.78, 5) is 2.25. The van der Waals surface area contributed by atoms with E-state index in [4.69, 9.17) is 4.74 Å². The van der Waals surface area contributed by atoms with Crippen molar-refractivity contribution in [3.63, 3.8) is 0 Å². The van der Waals surface area contributed by atoms with Crippen LogP contribution in [0.2, 0.25) is 0 Å². The van der Waals surface area contributed by atoms with Crippen LogP contribution in [-0.4, -0.2) is 58.0 Å². The highest BCUT2D eigenvalue weighted by atomic mass is 32.2. The Labute approximate surface area is 98.2 Å². The molecule has 1 heterocycles. The van der Waals surface area contributed by atoms with Crippen LogP contribution in [0.25, 0.3) is 0 Å². The van der Waals surface area contributed by atoms with Crippen molar-refractivity contribution in [3.05, 3.63) is 0 Å². The summed E-state index contributed by atoms with van der Waals surface area (Å²) in [6.07, 6.45) is 0.654. The summed E-state index contributed by atoms with van der Waals surface area (Å²) < 4.78 is 30.8. The quantitative estimate of drug-likeness (QED) is 0.723. The van der Waals surface area contributed by atoms with Crippen LogP contribution in [0, 0.1) is 0 Å². The average molecular weight is 250 g/mol. The van der Waals surface area contributed by atoms with Gasteiger partial charge < -0.3 is 4.74 Å². The lowest BCUT2D eigenvalue weighted by Crippen LogP contribution is -2.47. The number of sulfonamides is 1. The first kappa shape index (κ1) is 13.9. The second kappa shape index (κ2) is 6.54. The van der Waals surface area contributed by atoms with E-state index in [0.717, 1.165) is 26.3 Å². The number of rotatable bonds is 6. The molecule has 0 spiro atoms. The van der Waals surface area contributed by atoms with E-state index in [-0.39, 0.29) is 11.8 Å². The fourth-order valence-corrected chi connectivity index (χ4v) is 2.91. The number of hydrogen-bond donors (Lipinski definition) is 1. The topological polar surface area (TPSA) is 58.6 Å². The average Bonchev–Trinajstić information content (AvgIpc) is 2.27. The normalized spacial score (nSPS) is 20.9. The van der Waals surface area contributed by atoms with Gasteiger partial charge in [0, 0.05) is 25.7 Å². The van der Waals surface area contributed by atoms with Crippen molar-refractivity contribution in [2.45, 2.75) is 26.3 Å². The predicted octanol–water partition coefficient (Wildman–Crippen LogP) is 0.0365. The van der Waals surface area contributed by atoms with Gasteiger partial charge in [-0.3, -0.25) is 4.90 Å². The molecule has 1 N–H and O–H groups in total. The Bertz CT molecular complexity index is 286. The molecule has 0 unspecified atom stereocenters. The minimum absolute atomic E-state index is 0.211. The standard InChI is InChI=1S/C10H22N2O3S/c1-3-8-16(13,14)11-9-10(2)12-4-6-15-7-5-12/h10-11H,3-9H2,1-2H3/t10-/m1/s1. The van der Waals surface area contributed by atoms with Gasteiger partial charge in [0.05, 0.1) is 19.0 Å². The van der Waals surface area contributed by atoms with Gasteiger partial charge in [-0.1, -0.05) is 6.92 Å². The van der Waals surface area contributed by atoms with Crippen LogP contribution in [0.1, 0.15) is 20.3 Å². The van der Waals surface area contributed by atoms with Crippen LogP contribution in [0.15, 0.2) is 0 Å². The highest BCUT2D eigenvalue weighted by molar-refractivity contribution is 7.89. The summed E-state index contributed by atoms with van der Waals surface area (Å²) in [7, 11) is -3.07. The summed E-state index contributed by atoms with van der Waals surface area (Å²) >= 11 is 0. The first-order valence-corrected chi connectivity index (χ1v) is 7.49. The third-order valence-corrected chi connectivity index (χ3v) is 4.29. The zero-order chi connectivity index (χ0) is 12.0. The molecular weight excluding hydrogens is 228 g/mol. The fourth-order valence-electron chi connectivity index (χ4n) is 1.74. The van der Waals surface area contributed by atoms with E-state index in [1.54, 1.807) is 0 Å². The van der Waals surface area contributed by atoms with Gasteiger partial charge in [0.2, 0.25) is 10.0 Å². The lowest BCUT2D eigenvalue weighted by atomic mass is 10.2. The van der Waals surface area contributed by atoms with Crippen LogP contribution in [0.4, 0.5) is 0 Å². The smallest absolute Gasteiger partial charge is 0.211 e. The van der Waals surface area contributed by atoms with Gasteiger partial charge in [0.15, 0.2) is 0 Å². The van der Waals surface area contributed by atoms with Crippen molar-refractivity contribution in [2.24, 2.45) is 0 Å².